The molecule has 3 fully saturated rings. The number of primary amides is 1. The van der Waals surface area contributed by atoms with Gasteiger partial charge in [0, 0.05) is 37.9 Å². The molecule has 14 N–H and O–H groups in total. The number of aryl methyl sites for hydroxylation is 2. The summed E-state index contributed by atoms with van der Waals surface area (Å²) in [4.78, 5) is 97.3. The zero-order valence-electron chi connectivity index (χ0n) is 33.6. The zero-order valence-corrected chi connectivity index (χ0v) is 33.6. The van der Waals surface area contributed by atoms with Gasteiger partial charge in [0.05, 0.1) is 49.1 Å². The number of nitrogens with one attached hydrogen (secondary N) is 4. The minimum Gasteiger partial charge on any atom is -0.391 e. The molecule has 3 saturated heterocycles. The van der Waals surface area contributed by atoms with Gasteiger partial charge in [0.2, 0.25) is 41.4 Å². The summed E-state index contributed by atoms with van der Waals surface area (Å²) < 4.78 is 0. The van der Waals surface area contributed by atoms with Crippen molar-refractivity contribution in [2.75, 3.05) is 19.6 Å². The third-order valence-corrected chi connectivity index (χ3v) is 11.4. The van der Waals surface area contributed by atoms with Crippen LogP contribution in [0.4, 0.5) is 0 Å². The van der Waals surface area contributed by atoms with E-state index in [2.05, 4.69) is 21.3 Å². The number of carbonyl (C=O) groups excluding carboxylic acids is 7. The van der Waals surface area contributed by atoms with Crippen LogP contribution in [0.5, 0.6) is 0 Å². The smallest absolute Gasteiger partial charge is 0.248 e. The van der Waals surface area contributed by atoms with Crippen molar-refractivity contribution in [3.63, 3.8) is 0 Å². The lowest BCUT2D eigenvalue weighted by Crippen LogP contribution is -2.64. The molecule has 21 heteroatoms. The molecule has 4 rings (SSSR count). The van der Waals surface area contributed by atoms with Gasteiger partial charge in [0.15, 0.2) is 0 Å². The summed E-state index contributed by atoms with van der Waals surface area (Å²) in [5, 5.41) is 75.5. The molecule has 59 heavy (non-hydrogen) atoms. The molecular weight excluding hydrogens is 776 g/mol. The molecule has 3 aliphatic rings. The van der Waals surface area contributed by atoms with Crippen LogP contribution in [0.1, 0.15) is 62.6 Å². The molecule has 0 bridgehead atoms. The summed E-state index contributed by atoms with van der Waals surface area (Å²) >= 11 is 0. The van der Waals surface area contributed by atoms with E-state index in [1.54, 1.807) is 25.1 Å². The number of hydrogen-bond donors (Lipinski definition) is 12. The van der Waals surface area contributed by atoms with E-state index in [9.17, 15) is 64.2 Å². The molecule has 14 unspecified atom stereocenters. The van der Waals surface area contributed by atoms with E-state index in [0.29, 0.717) is 5.56 Å². The second kappa shape index (κ2) is 19.5. The van der Waals surface area contributed by atoms with Gasteiger partial charge in [0.25, 0.3) is 0 Å². The van der Waals surface area contributed by atoms with E-state index in [1.807, 2.05) is 13.8 Å². The standard InChI is InChI=1S/C38H58N8O13/c1-15-6-7-20(8-16(15)2)18(4)32(53)29-35(56)43-28(25(50)11-26(40)51)38(59)46-13-17(3)31(52)30(46)36(57)41-12-21(48)9-23(39)33(54)42-27(19(5)47)37(58)45-14-22(49)10-24(45)34(55)44-29/h6-8,17-19,21-25,27-32,47-50,52-53H,9-14,39H2,1-5H3,(H2,40,51)(H,41,57)(H,42,54)(H,43,56)(H,44,55). The van der Waals surface area contributed by atoms with Crippen molar-refractivity contribution >= 4 is 41.4 Å². The Hall–Kier alpha value is -4.77. The molecule has 0 aliphatic carbocycles. The average molecular weight is 835 g/mol. The minimum absolute atomic E-state index is 0.285. The number of rotatable bonds is 7. The number of nitrogens with zero attached hydrogens (tertiary/aromatic N) is 2. The van der Waals surface area contributed by atoms with Gasteiger partial charge in [-0.25, -0.2) is 0 Å². The van der Waals surface area contributed by atoms with Gasteiger partial charge in [-0.3, -0.25) is 33.6 Å². The molecule has 7 amide bonds. The van der Waals surface area contributed by atoms with Crippen LogP contribution in [0, 0.1) is 19.8 Å². The summed E-state index contributed by atoms with van der Waals surface area (Å²) in [6.45, 7) is 6.67. The monoisotopic (exact) mass is 834 g/mol. The van der Waals surface area contributed by atoms with Gasteiger partial charge in [-0.05, 0) is 43.9 Å². The second-order valence-electron chi connectivity index (χ2n) is 16.1. The molecule has 3 aliphatic heterocycles. The highest BCUT2D eigenvalue weighted by atomic mass is 16.3. The number of carbonyl (C=O) groups is 7. The van der Waals surface area contributed by atoms with Crippen LogP contribution in [0.25, 0.3) is 0 Å². The number of aliphatic hydroxyl groups excluding tert-OH is 6. The lowest BCUT2D eigenvalue weighted by molar-refractivity contribution is -0.147. The van der Waals surface area contributed by atoms with Crippen LogP contribution in [-0.4, -0.2) is 174 Å². The van der Waals surface area contributed by atoms with Crippen molar-refractivity contribution in [3.05, 3.63) is 34.9 Å². The summed E-state index contributed by atoms with van der Waals surface area (Å²) in [5.41, 5.74) is 13.7. The molecule has 14 atom stereocenters. The first kappa shape index (κ1) is 46.9. The fourth-order valence-electron chi connectivity index (χ4n) is 7.65. The Morgan fingerprint density at radius 3 is 2.02 bits per heavy atom. The Morgan fingerprint density at radius 1 is 0.797 bits per heavy atom. The van der Waals surface area contributed by atoms with E-state index in [0.717, 1.165) is 20.9 Å². The summed E-state index contributed by atoms with van der Waals surface area (Å²) in [5.74, 6) is -9.21. The molecular formula is C38H58N8O13. The topological polar surface area (TPSA) is 348 Å². The lowest BCUT2D eigenvalue weighted by atomic mass is 9.88. The largest absolute Gasteiger partial charge is 0.391 e. The Labute approximate surface area is 340 Å². The Kier molecular flexibility index (Phi) is 15.5. The Morgan fingerprint density at radius 2 is 1.41 bits per heavy atom. The molecule has 1 aromatic carbocycles. The van der Waals surface area contributed by atoms with Gasteiger partial charge < -0.3 is 73.2 Å². The summed E-state index contributed by atoms with van der Waals surface area (Å²) in [7, 11) is 0. The van der Waals surface area contributed by atoms with Crippen molar-refractivity contribution < 1.29 is 64.2 Å². The maximum absolute atomic E-state index is 14.4. The Balaban J connectivity index is 1.84. The number of amides is 7. The van der Waals surface area contributed by atoms with Crippen LogP contribution in [0.3, 0.4) is 0 Å². The maximum atomic E-state index is 14.4. The SMILES string of the molecule is Cc1ccc(C(C)C(O)C2NC(=O)C3CC(O)CN3C(=O)C(C(C)O)NC(=O)C(N)CC(O)CNC(=O)C3C(O)C(C)CN3C(=O)C(C(O)CC(N)=O)NC2=O)cc1C. The van der Waals surface area contributed by atoms with Crippen molar-refractivity contribution in [2.45, 2.75) is 133 Å². The van der Waals surface area contributed by atoms with Crippen LogP contribution in [-0.2, 0) is 33.6 Å². The molecule has 1 aromatic rings. The quantitative estimate of drug-likeness (QED) is 0.122. The van der Waals surface area contributed by atoms with E-state index in [-0.39, 0.29) is 13.0 Å². The third-order valence-electron chi connectivity index (χ3n) is 11.4. The highest BCUT2D eigenvalue weighted by molar-refractivity contribution is 5.98. The van der Waals surface area contributed by atoms with E-state index in [1.165, 1.54) is 13.8 Å². The van der Waals surface area contributed by atoms with E-state index >= 15 is 0 Å². The predicted octanol–water partition coefficient (Wildman–Crippen LogP) is -5.78. The van der Waals surface area contributed by atoms with Crippen molar-refractivity contribution in [1.82, 2.24) is 31.1 Å². The molecule has 3 heterocycles. The van der Waals surface area contributed by atoms with Gasteiger partial charge in [-0.2, -0.15) is 0 Å². The highest BCUT2D eigenvalue weighted by Gasteiger charge is 2.50. The fraction of sp³-hybridized carbons (Fsp3) is 0.658. The fourth-order valence-corrected chi connectivity index (χ4v) is 7.65. The minimum atomic E-state index is -2.06. The van der Waals surface area contributed by atoms with Crippen LogP contribution >= 0.6 is 0 Å². The molecule has 0 spiro atoms. The van der Waals surface area contributed by atoms with Gasteiger partial charge in [-0.15, -0.1) is 0 Å². The summed E-state index contributed by atoms with van der Waals surface area (Å²) in [6.07, 6.45) is -11.4. The van der Waals surface area contributed by atoms with E-state index < -0.39 is 152 Å². The summed E-state index contributed by atoms with van der Waals surface area (Å²) in [6, 6.07) is -5.20. The normalized spacial score (nSPS) is 32.7. The molecule has 0 saturated carbocycles. The second-order valence-corrected chi connectivity index (χ2v) is 16.1. The number of aliphatic hydroxyl groups is 6. The first-order chi connectivity index (χ1) is 27.5. The van der Waals surface area contributed by atoms with E-state index in [4.69, 9.17) is 11.5 Å². The number of β-amino-alcohol motifs (C(OH)–C–C–N with tert-alkyl or cyclic N) is 1. The molecule has 0 aromatic heterocycles. The maximum Gasteiger partial charge on any atom is 0.248 e. The third kappa shape index (κ3) is 10.9. The van der Waals surface area contributed by atoms with Gasteiger partial charge >= 0.3 is 0 Å². The van der Waals surface area contributed by atoms with Crippen molar-refractivity contribution in [1.29, 1.82) is 0 Å². The molecule has 0 radical (unpaired) electrons. The van der Waals surface area contributed by atoms with Crippen molar-refractivity contribution in [2.24, 2.45) is 17.4 Å². The van der Waals surface area contributed by atoms with Gasteiger partial charge in [0.1, 0.15) is 30.2 Å². The first-order valence-corrected chi connectivity index (χ1v) is 19.5. The zero-order chi connectivity index (χ0) is 44.2. The number of nitrogens with two attached hydrogens (primary N) is 2. The van der Waals surface area contributed by atoms with Gasteiger partial charge in [-0.1, -0.05) is 32.0 Å². The first-order valence-electron chi connectivity index (χ1n) is 19.5. The average Bonchev–Trinajstić information content (AvgIpc) is 3.71. The van der Waals surface area contributed by atoms with Crippen LogP contribution in [0.2, 0.25) is 0 Å². The lowest BCUT2D eigenvalue weighted by Gasteiger charge is -2.34. The highest BCUT2D eigenvalue weighted by Crippen LogP contribution is 2.28. The Bertz CT molecular complexity index is 1760. The number of benzene rings is 1. The molecule has 328 valence electrons. The molecule has 21 nitrogen and oxygen atoms in total. The van der Waals surface area contributed by atoms with Crippen LogP contribution in [0.15, 0.2) is 18.2 Å². The van der Waals surface area contributed by atoms with Crippen LogP contribution < -0.4 is 32.7 Å². The number of hydrogen-bond acceptors (Lipinski definition) is 14. The van der Waals surface area contributed by atoms with Crippen molar-refractivity contribution in [3.8, 4) is 0 Å². The predicted molar refractivity (Wildman–Crippen MR) is 206 cm³/mol. The number of fused-ring (bicyclic) bond motifs is 2.